The molecule has 4 N–H and O–H groups in total. The minimum atomic E-state index is -0.359. The molecular weight excluding hydrogens is 192 g/mol. The van der Waals surface area contributed by atoms with Crippen LogP contribution in [0.25, 0.3) is 0 Å². The van der Waals surface area contributed by atoms with E-state index < -0.39 is 0 Å². The summed E-state index contributed by atoms with van der Waals surface area (Å²) < 4.78 is 4.43. The van der Waals surface area contributed by atoms with Gasteiger partial charge in [0.2, 0.25) is 0 Å². The van der Waals surface area contributed by atoms with Crippen molar-refractivity contribution in [2.24, 2.45) is 11.5 Å². The molecule has 0 fully saturated rings. The minimum absolute atomic E-state index is 0.359. The van der Waals surface area contributed by atoms with Gasteiger partial charge in [0.25, 0.3) is 0 Å². The maximum Gasteiger partial charge on any atom is 0.330 e. The first-order valence-corrected chi connectivity index (χ1v) is 4.55. The summed E-state index contributed by atoms with van der Waals surface area (Å²) in [6, 6.07) is 0. The number of hydrogen-bond donors (Lipinski definition) is 2. The molecule has 0 amide bonds. The van der Waals surface area contributed by atoms with E-state index in [4.69, 9.17) is 11.5 Å². The fourth-order valence-corrected chi connectivity index (χ4v) is 0.201. The van der Waals surface area contributed by atoms with Gasteiger partial charge in [-0.05, 0) is 6.92 Å². The molecule has 0 atom stereocenters. The van der Waals surface area contributed by atoms with Crippen LogP contribution in [0.1, 0.15) is 6.92 Å². The molecule has 4 nitrogen and oxygen atoms in total. The molecule has 0 aliphatic heterocycles. The molecule has 5 heteroatoms. The number of rotatable bonds is 3. The molecule has 0 aliphatic carbocycles. The molecule has 13 heavy (non-hydrogen) atoms. The second-order valence-corrected chi connectivity index (χ2v) is 1.53. The van der Waals surface area contributed by atoms with Crippen LogP contribution >= 0.6 is 11.6 Å². The number of hydrogen-bond acceptors (Lipinski definition) is 4. The van der Waals surface area contributed by atoms with Crippen LogP contribution in [0.5, 0.6) is 0 Å². The number of esters is 1. The summed E-state index contributed by atoms with van der Waals surface area (Å²) in [7, 11) is 0. The van der Waals surface area contributed by atoms with Crippen LogP contribution in [0.2, 0.25) is 0 Å². The number of ether oxygens (including phenoxy) is 1. The van der Waals surface area contributed by atoms with Crippen molar-refractivity contribution < 1.29 is 9.53 Å². The second-order valence-electron chi connectivity index (χ2n) is 1.53. The molecule has 0 bridgehead atoms. The van der Waals surface area contributed by atoms with E-state index >= 15 is 0 Å². The van der Waals surface area contributed by atoms with Gasteiger partial charge >= 0.3 is 5.97 Å². The van der Waals surface area contributed by atoms with Crippen molar-refractivity contribution in [3.8, 4) is 0 Å². The average molecular weight is 211 g/mol. The summed E-state index contributed by atoms with van der Waals surface area (Å²) in [5.74, 6) is -0.359. The molecule has 80 valence electrons. The lowest BCUT2D eigenvalue weighted by Gasteiger charge is -1.90. The lowest BCUT2D eigenvalue weighted by Crippen LogP contribution is -2.11. The monoisotopic (exact) mass is 210 g/mol. The first-order valence-electron chi connectivity index (χ1n) is 3.80. The maximum atomic E-state index is 10.1. The standard InChI is InChI=1S/C5H8O2.C2H8N2.CH3Cl/c1-3-5(6)7-4-2;3-1-2-4;1-2/h3H,1,4H2,2H3;1-4H2;1H3. The van der Waals surface area contributed by atoms with E-state index in [1.165, 1.54) is 6.38 Å². The topological polar surface area (TPSA) is 78.3 Å². The number of carbonyl (C=O) groups is 1. The Morgan fingerprint density at radius 3 is 1.92 bits per heavy atom. The zero-order valence-electron chi connectivity index (χ0n) is 8.25. The zero-order valence-corrected chi connectivity index (χ0v) is 9.01. The normalized spacial score (nSPS) is 6.85. The predicted octanol–water partition coefficient (Wildman–Crippen LogP) is 0.494. The van der Waals surface area contributed by atoms with Crippen molar-refractivity contribution in [2.75, 3.05) is 26.1 Å². The summed E-state index contributed by atoms with van der Waals surface area (Å²) in [4.78, 5) is 10.1. The van der Waals surface area contributed by atoms with E-state index in [9.17, 15) is 4.79 Å². The van der Waals surface area contributed by atoms with Crippen LogP contribution in [0.15, 0.2) is 12.7 Å². The van der Waals surface area contributed by atoms with Crippen molar-refractivity contribution in [3.05, 3.63) is 12.7 Å². The molecular formula is C8H19ClN2O2. The van der Waals surface area contributed by atoms with Gasteiger partial charge in [0.15, 0.2) is 0 Å². The lowest BCUT2D eigenvalue weighted by atomic mass is 10.6. The quantitative estimate of drug-likeness (QED) is 0.404. The lowest BCUT2D eigenvalue weighted by molar-refractivity contribution is -0.137. The van der Waals surface area contributed by atoms with Crippen molar-refractivity contribution in [1.29, 1.82) is 0 Å². The Labute approximate surface area is 84.9 Å². The van der Waals surface area contributed by atoms with Crippen molar-refractivity contribution in [3.63, 3.8) is 0 Å². The first kappa shape index (κ1) is 18.3. The van der Waals surface area contributed by atoms with Gasteiger partial charge in [0, 0.05) is 25.5 Å². The fourth-order valence-electron chi connectivity index (χ4n) is 0.201. The third-order valence-corrected chi connectivity index (χ3v) is 0.620. The summed E-state index contributed by atoms with van der Waals surface area (Å²) in [6.45, 7) is 6.57. The Kier molecular flexibility index (Phi) is 31.6. The van der Waals surface area contributed by atoms with Crippen LogP contribution in [0, 0.1) is 0 Å². The molecule has 0 aromatic heterocycles. The molecule has 0 aromatic rings. The first-order chi connectivity index (χ1) is 6.22. The Morgan fingerprint density at radius 1 is 1.46 bits per heavy atom. The van der Waals surface area contributed by atoms with Gasteiger partial charge in [0.1, 0.15) is 0 Å². The predicted molar refractivity (Wildman–Crippen MR) is 56.7 cm³/mol. The van der Waals surface area contributed by atoms with E-state index in [0.717, 1.165) is 6.08 Å². The van der Waals surface area contributed by atoms with Crippen LogP contribution in [-0.2, 0) is 9.53 Å². The van der Waals surface area contributed by atoms with Gasteiger partial charge in [-0.15, -0.1) is 11.6 Å². The SMILES string of the molecule is C=CC(=O)OCC.CCl.NCCN. The Hall–Kier alpha value is -0.580. The van der Waals surface area contributed by atoms with Gasteiger partial charge in [-0.25, -0.2) is 4.79 Å². The highest BCUT2D eigenvalue weighted by Crippen LogP contribution is 1.74. The average Bonchev–Trinajstić information content (AvgIpc) is 2.21. The van der Waals surface area contributed by atoms with Gasteiger partial charge in [-0.2, -0.15) is 0 Å². The van der Waals surface area contributed by atoms with Gasteiger partial charge in [-0.3, -0.25) is 0 Å². The largest absolute Gasteiger partial charge is 0.463 e. The summed E-state index contributed by atoms with van der Waals surface area (Å²) >= 11 is 4.64. The number of carbonyl (C=O) groups excluding carboxylic acids is 1. The van der Waals surface area contributed by atoms with E-state index in [2.05, 4.69) is 22.9 Å². The van der Waals surface area contributed by atoms with Crippen molar-refractivity contribution in [1.82, 2.24) is 0 Å². The van der Waals surface area contributed by atoms with E-state index in [0.29, 0.717) is 19.7 Å². The van der Waals surface area contributed by atoms with Crippen molar-refractivity contribution in [2.45, 2.75) is 6.92 Å². The van der Waals surface area contributed by atoms with Gasteiger partial charge < -0.3 is 16.2 Å². The van der Waals surface area contributed by atoms with E-state index in [1.807, 2.05) is 0 Å². The fraction of sp³-hybridized carbons (Fsp3) is 0.625. The van der Waals surface area contributed by atoms with Gasteiger partial charge in [-0.1, -0.05) is 6.58 Å². The smallest absolute Gasteiger partial charge is 0.330 e. The molecule has 0 aliphatic rings. The Balaban J connectivity index is -0.000000142. The van der Waals surface area contributed by atoms with Crippen molar-refractivity contribution >= 4 is 17.6 Å². The third-order valence-electron chi connectivity index (χ3n) is 0.620. The van der Waals surface area contributed by atoms with Crippen LogP contribution < -0.4 is 11.5 Å². The molecule has 0 unspecified atom stereocenters. The maximum absolute atomic E-state index is 10.1. The van der Waals surface area contributed by atoms with Crippen LogP contribution in [0.4, 0.5) is 0 Å². The van der Waals surface area contributed by atoms with Crippen LogP contribution in [0.3, 0.4) is 0 Å². The Bertz CT molecular complexity index is 108. The molecule has 0 spiro atoms. The molecule has 0 aromatic carbocycles. The molecule has 0 saturated heterocycles. The summed E-state index contributed by atoms with van der Waals surface area (Å²) in [5.41, 5.74) is 9.81. The van der Waals surface area contributed by atoms with E-state index in [-0.39, 0.29) is 5.97 Å². The molecule has 0 heterocycles. The summed E-state index contributed by atoms with van der Waals surface area (Å²) in [5, 5.41) is 0. The Morgan fingerprint density at radius 2 is 1.85 bits per heavy atom. The molecule has 0 radical (unpaired) electrons. The number of nitrogens with two attached hydrogens (primary N) is 2. The third kappa shape index (κ3) is 34.5. The van der Waals surface area contributed by atoms with E-state index in [1.54, 1.807) is 6.92 Å². The van der Waals surface area contributed by atoms with Crippen LogP contribution in [-0.4, -0.2) is 32.0 Å². The molecule has 0 rings (SSSR count). The highest BCUT2D eigenvalue weighted by atomic mass is 35.5. The van der Waals surface area contributed by atoms with Gasteiger partial charge in [0.05, 0.1) is 6.61 Å². The second kappa shape index (κ2) is 22.5. The summed E-state index contributed by atoms with van der Waals surface area (Å²) in [6.07, 6.45) is 2.61. The highest BCUT2D eigenvalue weighted by Gasteiger charge is 1.86. The molecule has 0 saturated carbocycles. The zero-order chi connectivity index (χ0) is 11.1. The number of alkyl halides is 1. The minimum Gasteiger partial charge on any atom is -0.463 e. The highest BCUT2D eigenvalue weighted by molar-refractivity contribution is 6.15. The number of halogens is 1.